The van der Waals surface area contributed by atoms with Crippen LogP contribution in [0.15, 0.2) is 30.3 Å². The van der Waals surface area contributed by atoms with Gasteiger partial charge in [-0.15, -0.1) is 11.6 Å². The van der Waals surface area contributed by atoms with Crippen LogP contribution < -0.4 is 0 Å². The van der Waals surface area contributed by atoms with Crippen LogP contribution in [-0.4, -0.2) is 9.38 Å². The van der Waals surface area contributed by atoms with Gasteiger partial charge in [0.15, 0.2) is 5.65 Å². The van der Waals surface area contributed by atoms with Crippen molar-refractivity contribution in [1.82, 2.24) is 9.38 Å². The Morgan fingerprint density at radius 2 is 2.11 bits per heavy atom. The van der Waals surface area contributed by atoms with Crippen LogP contribution in [0.2, 0.25) is 5.15 Å². The summed E-state index contributed by atoms with van der Waals surface area (Å²) in [7, 11) is 0. The van der Waals surface area contributed by atoms with Crippen molar-refractivity contribution in [3.05, 3.63) is 46.6 Å². The molecule has 0 fully saturated rings. The summed E-state index contributed by atoms with van der Waals surface area (Å²) < 4.78 is 1.77. The van der Waals surface area contributed by atoms with E-state index in [4.69, 9.17) is 23.2 Å². The third kappa shape index (κ3) is 1.47. The minimum Gasteiger partial charge on any atom is -0.282 e. The third-order valence-electron chi connectivity index (χ3n) is 2.87. The molecular weight excluding hydrogens is 269 g/mol. The Kier molecular flexibility index (Phi) is 2.62. The number of alkyl halides is 1. The van der Waals surface area contributed by atoms with Gasteiger partial charge in [-0.2, -0.15) is 5.26 Å². The summed E-state index contributed by atoms with van der Waals surface area (Å²) in [4.78, 5) is 4.45. The Morgan fingerprint density at radius 3 is 2.83 bits per heavy atom. The molecule has 5 heteroatoms. The quantitative estimate of drug-likeness (QED) is 0.501. The van der Waals surface area contributed by atoms with Crippen molar-refractivity contribution in [2.24, 2.45) is 0 Å². The highest BCUT2D eigenvalue weighted by molar-refractivity contribution is 6.30. The molecule has 0 unspecified atom stereocenters. The first-order valence-electron chi connectivity index (χ1n) is 5.31. The maximum atomic E-state index is 9.26. The van der Waals surface area contributed by atoms with E-state index in [0.717, 1.165) is 11.0 Å². The number of imidazole rings is 1. The molecule has 3 nitrogen and oxygen atoms in total. The molecule has 0 saturated carbocycles. The fourth-order valence-electron chi connectivity index (χ4n) is 2.06. The number of fused-ring (bicyclic) bond motifs is 3. The lowest BCUT2D eigenvalue weighted by molar-refractivity contribution is 1.18. The molecule has 0 N–H and O–H groups in total. The van der Waals surface area contributed by atoms with E-state index in [1.807, 2.05) is 24.3 Å². The minimum absolute atomic E-state index is 0.238. The lowest BCUT2D eigenvalue weighted by Gasteiger charge is -2.05. The second kappa shape index (κ2) is 4.16. The minimum atomic E-state index is 0.238. The summed E-state index contributed by atoms with van der Waals surface area (Å²) in [6, 6.07) is 11.5. The zero-order valence-electron chi connectivity index (χ0n) is 9.19. The van der Waals surface area contributed by atoms with E-state index in [2.05, 4.69) is 11.1 Å². The molecule has 88 valence electrons. The van der Waals surface area contributed by atoms with Gasteiger partial charge in [0, 0.05) is 5.88 Å². The molecular formula is C13H7Cl2N3. The average molecular weight is 276 g/mol. The maximum Gasteiger partial charge on any atom is 0.157 e. The van der Waals surface area contributed by atoms with Gasteiger partial charge in [-0.05, 0) is 23.8 Å². The summed E-state index contributed by atoms with van der Waals surface area (Å²) in [6.07, 6.45) is 0. The third-order valence-corrected chi connectivity index (χ3v) is 3.43. The first-order valence-corrected chi connectivity index (χ1v) is 6.22. The SMILES string of the molecule is N#Cc1c(CCl)cc(Cl)n2c1nc1ccccc12. The van der Waals surface area contributed by atoms with E-state index in [0.29, 0.717) is 21.9 Å². The Balaban J connectivity index is 2.59. The second-order valence-electron chi connectivity index (χ2n) is 3.87. The fraction of sp³-hybridized carbons (Fsp3) is 0.0769. The van der Waals surface area contributed by atoms with Crippen LogP contribution >= 0.6 is 23.2 Å². The number of benzene rings is 1. The molecule has 1 aromatic carbocycles. The highest BCUT2D eigenvalue weighted by Crippen LogP contribution is 2.27. The number of hydrogen-bond donors (Lipinski definition) is 0. The Labute approximate surface area is 113 Å². The average Bonchev–Trinajstić information content (AvgIpc) is 2.78. The highest BCUT2D eigenvalue weighted by atomic mass is 35.5. The molecule has 0 amide bonds. The Hall–Kier alpha value is -1.76. The van der Waals surface area contributed by atoms with E-state index in [-0.39, 0.29) is 5.88 Å². The lowest BCUT2D eigenvalue weighted by Crippen LogP contribution is -1.96. The summed E-state index contributed by atoms with van der Waals surface area (Å²) >= 11 is 12.1. The predicted molar refractivity (Wildman–Crippen MR) is 72.0 cm³/mol. The van der Waals surface area contributed by atoms with Gasteiger partial charge in [-0.1, -0.05) is 23.7 Å². The summed E-state index contributed by atoms with van der Waals surface area (Å²) in [5.41, 5.74) is 3.43. The summed E-state index contributed by atoms with van der Waals surface area (Å²) in [5.74, 6) is 0.238. The number of nitriles is 1. The summed E-state index contributed by atoms with van der Waals surface area (Å²) in [5, 5.41) is 9.77. The van der Waals surface area contributed by atoms with E-state index in [1.54, 1.807) is 10.5 Å². The van der Waals surface area contributed by atoms with Crippen molar-refractivity contribution in [3.63, 3.8) is 0 Å². The van der Waals surface area contributed by atoms with E-state index in [1.165, 1.54) is 0 Å². The first kappa shape index (κ1) is 11.3. The number of halogens is 2. The molecule has 2 aromatic heterocycles. The van der Waals surface area contributed by atoms with Crippen molar-refractivity contribution < 1.29 is 0 Å². The molecule has 0 aliphatic carbocycles. The van der Waals surface area contributed by atoms with Crippen LogP contribution in [0, 0.1) is 11.3 Å². The first-order chi connectivity index (χ1) is 8.76. The van der Waals surface area contributed by atoms with Gasteiger partial charge in [0.05, 0.1) is 16.6 Å². The van der Waals surface area contributed by atoms with E-state index >= 15 is 0 Å². The number of rotatable bonds is 1. The van der Waals surface area contributed by atoms with Crippen LogP contribution in [0.1, 0.15) is 11.1 Å². The molecule has 0 radical (unpaired) electrons. The topological polar surface area (TPSA) is 41.1 Å². The molecule has 0 aliphatic heterocycles. The van der Waals surface area contributed by atoms with E-state index in [9.17, 15) is 5.26 Å². The number of hydrogen-bond acceptors (Lipinski definition) is 2. The lowest BCUT2D eigenvalue weighted by atomic mass is 10.1. The van der Waals surface area contributed by atoms with Crippen LogP contribution in [-0.2, 0) is 5.88 Å². The van der Waals surface area contributed by atoms with Gasteiger partial charge in [0.1, 0.15) is 11.2 Å². The number of pyridine rings is 1. The van der Waals surface area contributed by atoms with Gasteiger partial charge in [-0.25, -0.2) is 4.98 Å². The molecule has 0 spiro atoms. The molecule has 0 atom stereocenters. The molecule has 3 aromatic rings. The van der Waals surface area contributed by atoms with Gasteiger partial charge in [0.2, 0.25) is 0 Å². The highest BCUT2D eigenvalue weighted by Gasteiger charge is 2.15. The van der Waals surface area contributed by atoms with Crippen molar-refractivity contribution in [1.29, 1.82) is 5.26 Å². The Morgan fingerprint density at radius 1 is 1.33 bits per heavy atom. The van der Waals surface area contributed by atoms with Crippen LogP contribution in [0.4, 0.5) is 0 Å². The Bertz CT molecular complexity index is 799. The van der Waals surface area contributed by atoms with Gasteiger partial charge in [-0.3, -0.25) is 4.40 Å². The zero-order chi connectivity index (χ0) is 12.7. The molecule has 0 saturated heterocycles. The van der Waals surface area contributed by atoms with Gasteiger partial charge < -0.3 is 0 Å². The van der Waals surface area contributed by atoms with E-state index < -0.39 is 0 Å². The van der Waals surface area contributed by atoms with Crippen LogP contribution in [0.5, 0.6) is 0 Å². The van der Waals surface area contributed by atoms with Crippen molar-refractivity contribution in [2.75, 3.05) is 0 Å². The number of para-hydroxylation sites is 2. The number of nitrogens with zero attached hydrogens (tertiary/aromatic N) is 3. The number of aromatic nitrogens is 2. The molecule has 0 bridgehead atoms. The van der Waals surface area contributed by atoms with Crippen LogP contribution in [0.25, 0.3) is 16.7 Å². The molecule has 3 rings (SSSR count). The fourth-order valence-corrected chi connectivity index (χ4v) is 2.57. The zero-order valence-corrected chi connectivity index (χ0v) is 10.7. The van der Waals surface area contributed by atoms with Gasteiger partial charge in [0.25, 0.3) is 0 Å². The standard InChI is InChI=1S/C13H7Cl2N3/c14-6-8-5-12(15)18-11-4-2-1-3-10(11)17-13(18)9(8)7-16/h1-5H,6H2. The molecule has 2 heterocycles. The summed E-state index contributed by atoms with van der Waals surface area (Å²) in [6.45, 7) is 0. The van der Waals surface area contributed by atoms with Crippen molar-refractivity contribution in [2.45, 2.75) is 5.88 Å². The van der Waals surface area contributed by atoms with Crippen molar-refractivity contribution in [3.8, 4) is 6.07 Å². The molecule has 0 aliphatic rings. The molecule has 18 heavy (non-hydrogen) atoms. The maximum absolute atomic E-state index is 9.26. The second-order valence-corrected chi connectivity index (χ2v) is 4.53. The normalized spacial score (nSPS) is 10.9. The monoisotopic (exact) mass is 275 g/mol. The smallest absolute Gasteiger partial charge is 0.157 e. The van der Waals surface area contributed by atoms with Crippen molar-refractivity contribution >= 4 is 39.9 Å². The van der Waals surface area contributed by atoms with Crippen LogP contribution in [0.3, 0.4) is 0 Å². The van der Waals surface area contributed by atoms with Gasteiger partial charge >= 0.3 is 0 Å². The largest absolute Gasteiger partial charge is 0.282 e. The predicted octanol–water partition coefficient (Wildman–Crippen LogP) is 3.75.